The van der Waals surface area contributed by atoms with Crippen LogP contribution in [0.15, 0.2) is 18.2 Å². The number of alkyl halides is 3. The number of nitrogens with two attached hydrogens (primary N) is 1. The van der Waals surface area contributed by atoms with Crippen LogP contribution >= 0.6 is 0 Å². The van der Waals surface area contributed by atoms with Gasteiger partial charge in [-0.25, -0.2) is 8.42 Å². The highest BCUT2D eigenvalue weighted by molar-refractivity contribution is 7.94. The van der Waals surface area contributed by atoms with E-state index in [1.807, 2.05) is 0 Å². The number of anilines is 1. The number of nitriles is 1. The Bertz CT molecular complexity index is 924. The van der Waals surface area contributed by atoms with Gasteiger partial charge >= 0.3 is 6.18 Å². The van der Waals surface area contributed by atoms with Gasteiger partial charge in [-0.15, -0.1) is 0 Å². The van der Waals surface area contributed by atoms with Crippen molar-refractivity contribution in [3.05, 3.63) is 29.3 Å². The molecule has 0 amide bonds. The molecule has 2 saturated carbocycles. The van der Waals surface area contributed by atoms with Gasteiger partial charge in [-0.05, 0) is 49.8 Å². The van der Waals surface area contributed by atoms with Crippen molar-refractivity contribution in [3.8, 4) is 6.07 Å². The van der Waals surface area contributed by atoms with Gasteiger partial charge in [0, 0.05) is 18.5 Å². The molecule has 0 spiro atoms. The Hall–Kier alpha value is -1.79. The molecule has 1 aliphatic heterocycles. The zero-order chi connectivity index (χ0) is 19.1. The second-order valence-corrected chi connectivity index (χ2v) is 9.93. The van der Waals surface area contributed by atoms with Crippen molar-refractivity contribution in [2.75, 3.05) is 10.8 Å². The molecular formula is C17H18F3N3O2S. The predicted octanol–water partition coefficient (Wildman–Crippen LogP) is 2.47. The van der Waals surface area contributed by atoms with E-state index < -0.39 is 32.1 Å². The largest absolute Gasteiger partial charge is 0.417 e. The van der Waals surface area contributed by atoms with Crippen LogP contribution in [0, 0.1) is 29.1 Å². The Kier molecular flexibility index (Phi) is 3.48. The highest BCUT2D eigenvalue weighted by Crippen LogP contribution is 2.61. The van der Waals surface area contributed by atoms with E-state index in [9.17, 15) is 21.6 Å². The number of sulfonamides is 1. The lowest BCUT2D eigenvalue weighted by Crippen LogP contribution is -2.49. The first-order valence-corrected chi connectivity index (χ1v) is 9.85. The lowest BCUT2D eigenvalue weighted by Gasteiger charge is -2.35. The van der Waals surface area contributed by atoms with Crippen molar-refractivity contribution in [3.63, 3.8) is 0 Å². The maximum absolute atomic E-state index is 13.3. The van der Waals surface area contributed by atoms with Crippen LogP contribution in [0.3, 0.4) is 0 Å². The molecule has 1 saturated heterocycles. The summed E-state index contributed by atoms with van der Waals surface area (Å²) in [5.41, 5.74) is 4.45. The first-order chi connectivity index (χ1) is 12.0. The number of benzene rings is 1. The number of rotatable bonds is 1. The van der Waals surface area contributed by atoms with Crippen LogP contribution in [-0.2, 0) is 16.2 Å². The molecular weight excluding hydrogens is 367 g/mol. The average molecular weight is 385 g/mol. The molecule has 2 N–H and O–H groups in total. The maximum atomic E-state index is 13.3. The molecule has 1 aromatic carbocycles. The van der Waals surface area contributed by atoms with Crippen LogP contribution in [-0.4, -0.2) is 25.8 Å². The van der Waals surface area contributed by atoms with Crippen molar-refractivity contribution in [2.45, 2.75) is 36.7 Å². The molecule has 26 heavy (non-hydrogen) atoms. The third-order valence-corrected chi connectivity index (χ3v) is 9.34. The Morgan fingerprint density at radius 2 is 2.04 bits per heavy atom. The van der Waals surface area contributed by atoms with Crippen molar-refractivity contribution in [2.24, 2.45) is 23.5 Å². The summed E-state index contributed by atoms with van der Waals surface area (Å²) >= 11 is 0. The highest BCUT2D eigenvalue weighted by Gasteiger charge is 2.69. The Labute approximate surface area is 149 Å². The molecule has 3 aliphatic rings. The molecule has 2 aliphatic carbocycles. The molecule has 5 nitrogen and oxygen atoms in total. The third kappa shape index (κ3) is 2.03. The van der Waals surface area contributed by atoms with Crippen molar-refractivity contribution in [1.82, 2.24) is 0 Å². The fourth-order valence-corrected chi connectivity index (χ4v) is 7.73. The van der Waals surface area contributed by atoms with Gasteiger partial charge in [-0.3, -0.25) is 4.31 Å². The van der Waals surface area contributed by atoms with Crippen LogP contribution in [0.2, 0.25) is 0 Å². The SMILES string of the molecule is C[C@@]12[C@H]3C[C@H]([C@H](N)C3)[C@@H]1CN(c1ccc(C#N)c(C(F)(F)F)c1)S2(=O)=O. The second kappa shape index (κ2) is 5.14. The summed E-state index contributed by atoms with van der Waals surface area (Å²) in [7, 11) is -3.83. The van der Waals surface area contributed by atoms with Crippen LogP contribution in [0.1, 0.15) is 30.9 Å². The molecule has 1 heterocycles. The molecule has 0 radical (unpaired) electrons. The molecule has 9 heteroatoms. The minimum absolute atomic E-state index is 0.0417. The van der Waals surface area contributed by atoms with Gasteiger partial charge in [0.2, 0.25) is 10.0 Å². The van der Waals surface area contributed by atoms with Crippen molar-refractivity contribution in [1.29, 1.82) is 5.26 Å². The zero-order valence-electron chi connectivity index (χ0n) is 14.0. The van der Waals surface area contributed by atoms with Gasteiger partial charge in [0.1, 0.15) is 0 Å². The lowest BCUT2D eigenvalue weighted by molar-refractivity contribution is -0.137. The fourth-order valence-electron chi connectivity index (χ4n) is 5.26. The maximum Gasteiger partial charge on any atom is 0.417 e. The van der Waals surface area contributed by atoms with Crippen molar-refractivity contribution >= 4 is 15.7 Å². The summed E-state index contributed by atoms with van der Waals surface area (Å²) in [6, 6.07) is 4.53. The van der Waals surface area contributed by atoms with Gasteiger partial charge in [0.05, 0.1) is 27.6 Å². The second-order valence-electron chi connectivity index (χ2n) is 7.66. The molecule has 0 unspecified atom stereocenters. The highest BCUT2D eigenvalue weighted by atomic mass is 32.2. The van der Waals surface area contributed by atoms with E-state index in [0.717, 1.165) is 22.9 Å². The summed E-state index contributed by atoms with van der Waals surface area (Å²) in [5, 5.41) is 8.92. The van der Waals surface area contributed by atoms with E-state index in [2.05, 4.69) is 0 Å². The minimum atomic E-state index is -4.73. The minimum Gasteiger partial charge on any atom is -0.327 e. The first-order valence-electron chi connectivity index (χ1n) is 8.41. The normalized spacial score (nSPS) is 37.6. The molecule has 3 fully saturated rings. The summed E-state index contributed by atoms with van der Waals surface area (Å²) in [5.74, 6) is -0.181. The van der Waals surface area contributed by atoms with E-state index in [1.54, 1.807) is 6.92 Å². The number of fused-ring (bicyclic) bond motifs is 5. The van der Waals surface area contributed by atoms with Crippen LogP contribution in [0.4, 0.5) is 18.9 Å². The van der Waals surface area contributed by atoms with Gasteiger partial charge in [0.15, 0.2) is 0 Å². The van der Waals surface area contributed by atoms with Gasteiger partial charge < -0.3 is 5.73 Å². The van der Waals surface area contributed by atoms with Gasteiger partial charge in [-0.1, -0.05) is 0 Å². The summed E-state index contributed by atoms with van der Waals surface area (Å²) in [6.07, 6.45) is -3.34. The quantitative estimate of drug-likeness (QED) is 0.805. The average Bonchev–Trinajstić information content (AvgIpc) is 3.13. The van der Waals surface area contributed by atoms with Gasteiger partial charge in [0.25, 0.3) is 0 Å². The zero-order valence-corrected chi connectivity index (χ0v) is 14.8. The third-order valence-electron chi connectivity index (χ3n) is 6.65. The van der Waals surface area contributed by atoms with Gasteiger partial charge in [-0.2, -0.15) is 18.4 Å². The Balaban J connectivity index is 1.80. The van der Waals surface area contributed by atoms with Crippen LogP contribution in [0.25, 0.3) is 0 Å². The smallest absolute Gasteiger partial charge is 0.327 e. The van der Waals surface area contributed by atoms with Crippen LogP contribution < -0.4 is 10.0 Å². The van der Waals surface area contributed by atoms with E-state index >= 15 is 0 Å². The monoisotopic (exact) mass is 385 g/mol. The van der Waals surface area contributed by atoms with E-state index in [0.29, 0.717) is 6.42 Å². The molecule has 4 rings (SSSR count). The number of halogens is 3. The lowest BCUT2D eigenvalue weighted by atomic mass is 9.77. The molecule has 140 valence electrons. The Morgan fingerprint density at radius 1 is 1.35 bits per heavy atom. The number of hydrogen-bond donors (Lipinski definition) is 1. The molecule has 0 aromatic heterocycles. The number of nitrogens with zero attached hydrogens (tertiary/aromatic N) is 2. The van der Waals surface area contributed by atoms with E-state index in [1.165, 1.54) is 12.1 Å². The fraction of sp³-hybridized carbons (Fsp3) is 0.588. The predicted molar refractivity (Wildman–Crippen MR) is 88.5 cm³/mol. The van der Waals surface area contributed by atoms with Crippen molar-refractivity contribution < 1.29 is 21.6 Å². The first kappa shape index (κ1) is 17.6. The summed E-state index contributed by atoms with van der Waals surface area (Å²) < 4.78 is 66.3. The molecule has 1 aromatic rings. The molecule has 2 bridgehead atoms. The van der Waals surface area contributed by atoms with E-state index in [4.69, 9.17) is 11.0 Å². The standard InChI is InChI=1S/C17H18F3N3O2S/c1-16-10-4-12(15(22)5-10)14(16)8-23(26(16,24)25)11-3-2-9(7-21)13(6-11)17(18,19)20/h2-3,6,10,12,14-15H,4-5,8,22H2,1H3/t10-,12-,14-,15+,16+/m0/s1. The van der Waals surface area contributed by atoms with E-state index in [-0.39, 0.29) is 36.0 Å². The summed E-state index contributed by atoms with van der Waals surface area (Å²) in [6.45, 7) is 1.84. The topological polar surface area (TPSA) is 87.2 Å². The van der Waals surface area contributed by atoms with Crippen LogP contribution in [0.5, 0.6) is 0 Å². The molecule has 5 atom stereocenters. The number of hydrogen-bond acceptors (Lipinski definition) is 4. The summed E-state index contributed by atoms with van der Waals surface area (Å²) in [4.78, 5) is 0. The Morgan fingerprint density at radius 3 is 2.65 bits per heavy atom.